The summed E-state index contributed by atoms with van der Waals surface area (Å²) in [7, 11) is 1.81. The van der Waals surface area contributed by atoms with E-state index in [2.05, 4.69) is 46.8 Å². The van der Waals surface area contributed by atoms with Gasteiger partial charge < -0.3 is 15.4 Å². The lowest BCUT2D eigenvalue weighted by atomic mass is 10.2. The largest absolute Gasteiger partial charge is 0.376 e. The highest BCUT2D eigenvalue weighted by Gasteiger charge is 2.15. The third-order valence-corrected chi connectivity index (χ3v) is 4.70. The molecular weight excluding hydrogens is 421 g/mol. The number of guanidine groups is 1. The smallest absolute Gasteiger partial charge is 0.191 e. The van der Waals surface area contributed by atoms with Crippen LogP contribution in [0.4, 0.5) is 0 Å². The van der Waals surface area contributed by atoms with E-state index in [1.54, 1.807) is 0 Å². The summed E-state index contributed by atoms with van der Waals surface area (Å²) in [5.41, 5.74) is 2.70. The van der Waals surface area contributed by atoms with E-state index in [4.69, 9.17) is 4.74 Å². The number of rotatable bonds is 7. The van der Waals surface area contributed by atoms with E-state index in [0.717, 1.165) is 43.6 Å². The average molecular weight is 449 g/mol. The van der Waals surface area contributed by atoms with Crippen LogP contribution in [-0.2, 0) is 10.5 Å². The van der Waals surface area contributed by atoms with Crippen molar-refractivity contribution in [2.75, 3.05) is 32.5 Å². The van der Waals surface area contributed by atoms with E-state index >= 15 is 0 Å². The van der Waals surface area contributed by atoms with Crippen molar-refractivity contribution in [3.8, 4) is 0 Å². The van der Waals surface area contributed by atoms with E-state index in [-0.39, 0.29) is 24.0 Å². The fourth-order valence-corrected chi connectivity index (χ4v) is 3.17. The van der Waals surface area contributed by atoms with Gasteiger partial charge in [-0.3, -0.25) is 4.99 Å². The van der Waals surface area contributed by atoms with Gasteiger partial charge in [-0.2, -0.15) is 11.8 Å². The molecule has 1 aliphatic heterocycles. The van der Waals surface area contributed by atoms with Crippen molar-refractivity contribution in [2.45, 2.75) is 31.6 Å². The van der Waals surface area contributed by atoms with E-state index in [1.807, 2.05) is 18.8 Å². The van der Waals surface area contributed by atoms with Crippen molar-refractivity contribution in [3.05, 3.63) is 35.4 Å². The van der Waals surface area contributed by atoms with Crippen molar-refractivity contribution in [3.63, 3.8) is 0 Å². The normalized spacial score (nSPS) is 17.7. The molecule has 0 aromatic heterocycles. The predicted octanol–water partition coefficient (Wildman–Crippen LogP) is 3.19. The van der Waals surface area contributed by atoms with Crippen LogP contribution in [0.3, 0.4) is 0 Å². The van der Waals surface area contributed by atoms with E-state index in [9.17, 15) is 0 Å². The molecule has 1 atom stereocenters. The Morgan fingerprint density at radius 3 is 2.74 bits per heavy atom. The summed E-state index contributed by atoms with van der Waals surface area (Å²) >= 11 is 1.94. The van der Waals surface area contributed by atoms with Gasteiger partial charge in [-0.05, 0) is 25.3 Å². The van der Waals surface area contributed by atoms with Gasteiger partial charge in [0.25, 0.3) is 0 Å². The summed E-state index contributed by atoms with van der Waals surface area (Å²) in [5.74, 6) is 2.99. The summed E-state index contributed by atoms with van der Waals surface area (Å²) in [5, 5.41) is 6.68. The number of thioether (sulfide) groups is 1. The lowest BCUT2D eigenvalue weighted by Gasteiger charge is -2.14. The Kier molecular flexibility index (Phi) is 10.7. The zero-order valence-corrected chi connectivity index (χ0v) is 17.2. The lowest BCUT2D eigenvalue weighted by molar-refractivity contribution is 0.114. The zero-order chi connectivity index (χ0) is 15.6. The number of aryl methyl sites for hydroxylation is 1. The molecule has 1 unspecified atom stereocenters. The number of hydrogen-bond donors (Lipinski definition) is 2. The molecule has 130 valence electrons. The molecule has 2 N–H and O–H groups in total. The molecule has 0 radical (unpaired) electrons. The number of halogens is 1. The molecule has 0 spiro atoms. The van der Waals surface area contributed by atoms with E-state index < -0.39 is 0 Å². The predicted molar refractivity (Wildman–Crippen MR) is 111 cm³/mol. The van der Waals surface area contributed by atoms with Crippen LogP contribution in [0.2, 0.25) is 0 Å². The first-order valence-electron chi connectivity index (χ1n) is 7.97. The van der Waals surface area contributed by atoms with Crippen LogP contribution >= 0.6 is 35.7 Å². The van der Waals surface area contributed by atoms with Gasteiger partial charge in [0.15, 0.2) is 5.96 Å². The maximum atomic E-state index is 5.60. The molecule has 6 heteroatoms. The molecule has 1 saturated heterocycles. The van der Waals surface area contributed by atoms with E-state index in [0.29, 0.717) is 6.10 Å². The number of benzene rings is 1. The number of ether oxygens (including phenoxy) is 1. The monoisotopic (exact) mass is 449 g/mol. The van der Waals surface area contributed by atoms with Gasteiger partial charge in [0, 0.05) is 38.2 Å². The minimum absolute atomic E-state index is 0. The first-order chi connectivity index (χ1) is 10.8. The van der Waals surface area contributed by atoms with Crippen molar-refractivity contribution in [2.24, 2.45) is 4.99 Å². The number of nitrogens with one attached hydrogen (secondary N) is 2. The lowest BCUT2D eigenvalue weighted by Crippen LogP contribution is -2.41. The molecule has 1 aromatic carbocycles. The third kappa shape index (κ3) is 8.26. The first kappa shape index (κ1) is 20.6. The second-order valence-corrected chi connectivity index (χ2v) is 6.66. The fourth-order valence-electron chi connectivity index (χ4n) is 2.35. The molecule has 0 aliphatic carbocycles. The van der Waals surface area contributed by atoms with Gasteiger partial charge >= 0.3 is 0 Å². The van der Waals surface area contributed by atoms with Gasteiger partial charge in [0.2, 0.25) is 0 Å². The number of aliphatic imine (C=N–C) groups is 1. The van der Waals surface area contributed by atoms with Crippen molar-refractivity contribution in [1.29, 1.82) is 0 Å². The first-order valence-corrected chi connectivity index (χ1v) is 9.13. The minimum Gasteiger partial charge on any atom is -0.376 e. The van der Waals surface area contributed by atoms with Crippen molar-refractivity contribution >= 4 is 41.7 Å². The molecular formula is C17H28IN3OS. The molecule has 0 bridgehead atoms. The molecule has 1 heterocycles. The van der Waals surface area contributed by atoms with Crippen LogP contribution in [-0.4, -0.2) is 44.6 Å². The zero-order valence-electron chi connectivity index (χ0n) is 14.0. The van der Waals surface area contributed by atoms with Crippen LogP contribution in [0.15, 0.2) is 29.3 Å². The maximum Gasteiger partial charge on any atom is 0.191 e. The fraction of sp³-hybridized carbons (Fsp3) is 0.588. The highest BCUT2D eigenvalue weighted by atomic mass is 127. The Morgan fingerprint density at radius 2 is 2.09 bits per heavy atom. The SMILES string of the molecule is CN=C(NCCSCc1ccc(C)cc1)NCC1CCCO1.I. The summed E-state index contributed by atoms with van der Waals surface area (Å²) in [4.78, 5) is 4.24. The quantitative estimate of drug-likeness (QED) is 0.291. The van der Waals surface area contributed by atoms with Gasteiger partial charge in [-0.25, -0.2) is 0 Å². The van der Waals surface area contributed by atoms with Gasteiger partial charge in [0.05, 0.1) is 6.10 Å². The average Bonchev–Trinajstić information content (AvgIpc) is 3.05. The Morgan fingerprint density at radius 1 is 1.30 bits per heavy atom. The topological polar surface area (TPSA) is 45.7 Å². The Labute approximate surface area is 161 Å². The third-order valence-electron chi connectivity index (χ3n) is 3.67. The van der Waals surface area contributed by atoms with Crippen LogP contribution in [0.25, 0.3) is 0 Å². The second kappa shape index (κ2) is 12.0. The van der Waals surface area contributed by atoms with Gasteiger partial charge in [-0.1, -0.05) is 29.8 Å². The van der Waals surface area contributed by atoms with E-state index in [1.165, 1.54) is 17.5 Å². The molecule has 4 nitrogen and oxygen atoms in total. The highest BCUT2D eigenvalue weighted by molar-refractivity contribution is 14.0. The molecule has 1 aliphatic rings. The van der Waals surface area contributed by atoms with Crippen LogP contribution in [0.1, 0.15) is 24.0 Å². The standard InChI is InChI=1S/C17H27N3OS.HI/c1-14-5-7-15(8-6-14)13-22-11-9-19-17(18-2)20-12-16-4-3-10-21-16;/h5-8,16H,3-4,9-13H2,1-2H3,(H2,18,19,20);1H. The van der Waals surface area contributed by atoms with Crippen molar-refractivity contribution < 1.29 is 4.74 Å². The molecule has 1 aromatic rings. The van der Waals surface area contributed by atoms with Crippen LogP contribution in [0, 0.1) is 6.92 Å². The van der Waals surface area contributed by atoms with Crippen molar-refractivity contribution in [1.82, 2.24) is 10.6 Å². The molecule has 0 amide bonds. The summed E-state index contributed by atoms with van der Waals surface area (Å²) in [6.45, 7) is 4.78. The molecule has 2 rings (SSSR count). The summed E-state index contributed by atoms with van der Waals surface area (Å²) < 4.78 is 5.60. The summed E-state index contributed by atoms with van der Waals surface area (Å²) in [6.07, 6.45) is 2.67. The Bertz CT molecular complexity index is 461. The van der Waals surface area contributed by atoms with Crippen LogP contribution < -0.4 is 10.6 Å². The summed E-state index contributed by atoms with van der Waals surface area (Å²) in [6, 6.07) is 8.76. The minimum atomic E-state index is 0. The second-order valence-electron chi connectivity index (χ2n) is 5.55. The Balaban J connectivity index is 0.00000264. The molecule has 0 saturated carbocycles. The van der Waals surface area contributed by atoms with Gasteiger partial charge in [0.1, 0.15) is 0 Å². The molecule has 23 heavy (non-hydrogen) atoms. The van der Waals surface area contributed by atoms with Crippen LogP contribution in [0.5, 0.6) is 0 Å². The number of nitrogens with zero attached hydrogens (tertiary/aromatic N) is 1. The molecule has 1 fully saturated rings. The highest BCUT2D eigenvalue weighted by Crippen LogP contribution is 2.12. The Hall–Kier alpha value is -0.470. The maximum absolute atomic E-state index is 5.60. The van der Waals surface area contributed by atoms with Gasteiger partial charge in [-0.15, -0.1) is 24.0 Å². The number of hydrogen-bond acceptors (Lipinski definition) is 3.